The van der Waals surface area contributed by atoms with Crippen LogP contribution in [0.5, 0.6) is 0 Å². The van der Waals surface area contributed by atoms with Gasteiger partial charge in [0.1, 0.15) is 11.3 Å². The van der Waals surface area contributed by atoms with Gasteiger partial charge in [-0.1, -0.05) is 24.4 Å². The third-order valence-corrected chi connectivity index (χ3v) is 3.89. The molecule has 3 nitrogen and oxygen atoms in total. The lowest BCUT2D eigenvalue weighted by Crippen LogP contribution is -2.03. The molecular weight excluding hydrogens is 269 g/mol. The highest BCUT2D eigenvalue weighted by atomic mass is 35.5. The Balaban J connectivity index is 1.86. The first-order valence-corrected chi connectivity index (χ1v) is 7.26. The summed E-state index contributed by atoms with van der Waals surface area (Å²) in [6.07, 6.45) is 6.95. The smallest absolute Gasteiger partial charge is 0.160 e. The minimum atomic E-state index is 0.414. The molecule has 0 amide bonds. The first-order chi connectivity index (χ1) is 8.78. The zero-order valence-electron chi connectivity index (χ0n) is 10.1. The third kappa shape index (κ3) is 2.47. The lowest BCUT2D eigenvalue weighted by molar-refractivity contribution is 0.573. The van der Waals surface area contributed by atoms with Gasteiger partial charge in [-0.25, -0.2) is 9.97 Å². The molecule has 0 N–H and O–H groups in total. The first kappa shape index (κ1) is 12.2. The monoisotopic (exact) mass is 283 g/mol. The van der Waals surface area contributed by atoms with E-state index in [4.69, 9.17) is 23.2 Å². The van der Waals surface area contributed by atoms with Gasteiger partial charge in [0.25, 0.3) is 0 Å². The van der Waals surface area contributed by atoms with Crippen LogP contribution in [0.25, 0.3) is 11.2 Å². The Bertz CT molecular complexity index is 561. The van der Waals surface area contributed by atoms with Gasteiger partial charge in [0.15, 0.2) is 5.65 Å². The maximum Gasteiger partial charge on any atom is 0.160 e. The number of pyridine rings is 1. The van der Waals surface area contributed by atoms with Crippen molar-refractivity contribution in [2.75, 3.05) is 0 Å². The molecule has 0 saturated heterocycles. The molecule has 1 fully saturated rings. The molecule has 0 radical (unpaired) electrons. The summed E-state index contributed by atoms with van der Waals surface area (Å²) in [5, 5.41) is 0.617. The van der Waals surface area contributed by atoms with E-state index in [1.54, 1.807) is 6.20 Å². The predicted molar refractivity (Wildman–Crippen MR) is 74.1 cm³/mol. The molecule has 0 bridgehead atoms. The van der Waals surface area contributed by atoms with Crippen molar-refractivity contribution in [2.24, 2.45) is 5.92 Å². The SMILES string of the molecule is ClCc1nc2cc(Cl)cnc2n1CCCC1CC1. The van der Waals surface area contributed by atoms with E-state index in [1.807, 2.05) is 6.07 Å². The van der Waals surface area contributed by atoms with Crippen LogP contribution in [0.2, 0.25) is 5.02 Å². The van der Waals surface area contributed by atoms with Gasteiger partial charge in [0.05, 0.1) is 10.9 Å². The number of rotatable bonds is 5. The van der Waals surface area contributed by atoms with Crippen LogP contribution in [0.1, 0.15) is 31.5 Å². The second-order valence-corrected chi connectivity index (χ2v) is 5.60. The van der Waals surface area contributed by atoms with Crippen molar-refractivity contribution in [1.82, 2.24) is 14.5 Å². The van der Waals surface area contributed by atoms with Gasteiger partial charge >= 0.3 is 0 Å². The van der Waals surface area contributed by atoms with Crippen LogP contribution in [-0.2, 0) is 12.4 Å². The van der Waals surface area contributed by atoms with Gasteiger partial charge in [-0.15, -0.1) is 11.6 Å². The van der Waals surface area contributed by atoms with Gasteiger partial charge in [0.2, 0.25) is 0 Å². The lowest BCUT2D eigenvalue weighted by Gasteiger charge is -2.06. The normalized spacial score (nSPS) is 15.4. The third-order valence-electron chi connectivity index (χ3n) is 3.44. The summed E-state index contributed by atoms with van der Waals surface area (Å²) >= 11 is 11.9. The molecular formula is C13H15Cl2N3. The molecule has 2 aromatic rings. The van der Waals surface area contributed by atoms with E-state index in [9.17, 15) is 0 Å². The molecule has 0 aliphatic heterocycles. The summed E-state index contributed by atoms with van der Waals surface area (Å²) in [6.45, 7) is 0.948. The average Bonchev–Trinajstić information content (AvgIpc) is 3.11. The zero-order valence-corrected chi connectivity index (χ0v) is 11.6. The summed E-state index contributed by atoms with van der Waals surface area (Å²) in [4.78, 5) is 8.86. The number of nitrogens with zero attached hydrogens (tertiary/aromatic N) is 3. The Kier molecular flexibility index (Phi) is 3.44. The summed E-state index contributed by atoms with van der Waals surface area (Å²) in [7, 11) is 0. The van der Waals surface area contributed by atoms with E-state index in [1.165, 1.54) is 25.7 Å². The van der Waals surface area contributed by atoms with Crippen LogP contribution >= 0.6 is 23.2 Å². The maximum atomic E-state index is 5.95. The van der Waals surface area contributed by atoms with Crippen LogP contribution in [0.15, 0.2) is 12.3 Å². The fraction of sp³-hybridized carbons (Fsp3) is 0.538. The van der Waals surface area contributed by atoms with E-state index >= 15 is 0 Å². The minimum absolute atomic E-state index is 0.414. The van der Waals surface area contributed by atoms with Crippen molar-refractivity contribution < 1.29 is 0 Å². The molecule has 3 rings (SSSR count). The van der Waals surface area contributed by atoms with Crippen LogP contribution in [0, 0.1) is 5.92 Å². The lowest BCUT2D eigenvalue weighted by atomic mass is 10.2. The number of imidazole rings is 1. The molecule has 5 heteroatoms. The fourth-order valence-corrected chi connectivity index (χ4v) is 2.67. The fourth-order valence-electron chi connectivity index (χ4n) is 2.31. The molecule has 0 aromatic carbocycles. The predicted octanol–water partition coefficient (Wildman–Crippen LogP) is 4.01. The highest BCUT2D eigenvalue weighted by Gasteiger charge is 2.20. The second kappa shape index (κ2) is 5.06. The molecule has 18 heavy (non-hydrogen) atoms. The Morgan fingerprint density at radius 2 is 2.22 bits per heavy atom. The summed E-state index contributed by atoms with van der Waals surface area (Å²) < 4.78 is 2.13. The van der Waals surface area contributed by atoms with Gasteiger partial charge in [-0.2, -0.15) is 0 Å². The molecule has 1 aliphatic rings. The Morgan fingerprint density at radius 3 is 2.94 bits per heavy atom. The first-order valence-electron chi connectivity index (χ1n) is 6.34. The number of aromatic nitrogens is 3. The molecule has 96 valence electrons. The number of halogens is 2. The van der Waals surface area contributed by atoms with Gasteiger partial charge in [-0.05, 0) is 24.8 Å². The number of hydrogen-bond acceptors (Lipinski definition) is 2. The van der Waals surface area contributed by atoms with Gasteiger partial charge < -0.3 is 4.57 Å². The van der Waals surface area contributed by atoms with Crippen molar-refractivity contribution in [1.29, 1.82) is 0 Å². The van der Waals surface area contributed by atoms with E-state index in [-0.39, 0.29) is 0 Å². The summed E-state index contributed by atoms with van der Waals surface area (Å²) in [5.41, 5.74) is 1.73. The quantitative estimate of drug-likeness (QED) is 0.776. The van der Waals surface area contributed by atoms with Gasteiger partial charge in [0, 0.05) is 12.7 Å². The van der Waals surface area contributed by atoms with Crippen LogP contribution in [0.3, 0.4) is 0 Å². The van der Waals surface area contributed by atoms with Crippen molar-refractivity contribution >= 4 is 34.4 Å². The molecule has 0 spiro atoms. The second-order valence-electron chi connectivity index (χ2n) is 4.90. The van der Waals surface area contributed by atoms with E-state index < -0.39 is 0 Å². The van der Waals surface area contributed by atoms with Crippen LogP contribution in [0.4, 0.5) is 0 Å². The van der Waals surface area contributed by atoms with Gasteiger partial charge in [-0.3, -0.25) is 0 Å². The van der Waals surface area contributed by atoms with E-state index in [2.05, 4.69) is 14.5 Å². The maximum absolute atomic E-state index is 5.95. The minimum Gasteiger partial charge on any atom is -0.312 e. The average molecular weight is 284 g/mol. The van der Waals surface area contributed by atoms with Crippen LogP contribution < -0.4 is 0 Å². The topological polar surface area (TPSA) is 30.7 Å². The Hall–Kier alpha value is -0.800. The Labute approximate surface area is 116 Å². The van der Waals surface area contributed by atoms with Crippen molar-refractivity contribution in [3.63, 3.8) is 0 Å². The number of fused-ring (bicyclic) bond motifs is 1. The summed E-state index contributed by atoms with van der Waals surface area (Å²) in [5.74, 6) is 2.26. The molecule has 2 aromatic heterocycles. The molecule has 2 heterocycles. The van der Waals surface area contributed by atoms with E-state index in [0.29, 0.717) is 10.9 Å². The number of alkyl halides is 1. The highest BCUT2D eigenvalue weighted by molar-refractivity contribution is 6.31. The van der Waals surface area contributed by atoms with Crippen molar-refractivity contribution in [3.8, 4) is 0 Å². The standard InChI is InChI=1S/C13H15Cl2N3/c14-7-12-17-11-6-10(15)8-16-13(11)18(12)5-1-2-9-3-4-9/h6,8-9H,1-5,7H2. The Morgan fingerprint density at radius 1 is 1.39 bits per heavy atom. The summed E-state index contributed by atoms with van der Waals surface area (Å²) in [6, 6.07) is 1.84. The number of aryl methyl sites for hydroxylation is 1. The van der Waals surface area contributed by atoms with Crippen molar-refractivity contribution in [2.45, 2.75) is 38.1 Å². The molecule has 0 unspecified atom stereocenters. The molecule has 1 saturated carbocycles. The highest BCUT2D eigenvalue weighted by Crippen LogP contribution is 2.33. The number of hydrogen-bond donors (Lipinski definition) is 0. The van der Waals surface area contributed by atoms with E-state index in [0.717, 1.165) is 29.5 Å². The van der Waals surface area contributed by atoms with Crippen molar-refractivity contribution in [3.05, 3.63) is 23.1 Å². The van der Waals surface area contributed by atoms with Crippen LogP contribution in [-0.4, -0.2) is 14.5 Å². The zero-order chi connectivity index (χ0) is 12.5. The molecule has 1 aliphatic carbocycles. The molecule has 0 atom stereocenters. The largest absolute Gasteiger partial charge is 0.312 e.